The summed E-state index contributed by atoms with van der Waals surface area (Å²) < 4.78 is 2.14. The zero-order chi connectivity index (χ0) is 16.5. The molecule has 2 aromatic carbocycles. The van der Waals surface area contributed by atoms with Gasteiger partial charge in [-0.25, -0.2) is 9.97 Å². The van der Waals surface area contributed by atoms with E-state index in [0.717, 1.165) is 33.0 Å². The predicted molar refractivity (Wildman–Crippen MR) is 98.5 cm³/mol. The Morgan fingerprint density at radius 2 is 1.79 bits per heavy atom. The van der Waals surface area contributed by atoms with Crippen molar-refractivity contribution in [1.29, 1.82) is 0 Å². The number of benzene rings is 2. The minimum absolute atomic E-state index is 0.445. The van der Waals surface area contributed by atoms with Crippen LogP contribution in [0.2, 0.25) is 10.2 Å². The fourth-order valence-electron chi connectivity index (χ4n) is 2.81. The minimum Gasteiger partial charge on any atom is -0.319 e. The van der Waals surface area contributed by atoms with Crippen LogP contribution in [0.4, 0.5) is 0 Å². The van der Waals surface area contributed by atoms with E-state index in [1.807, 2.05) is 48.5 Å². The van der Waals surface area contributed by atoms with E-state index in [9.17, 15) is 0 Å². The standard InChI is InChI=1S/C19H13Cl2N3/c20-14-6-3-5-13(11-14)12-24-17-9-2-1-8-16(17)23-19(24)15-7-4-10-22-18(15)21/h1-11H,12H2. The quantitative estimate of drug-likeness (QED) is 0.458. The van der Waals surface area contributed by atoms with Gasteiger partial charge in [-0.2, -0.15) is 0 Å². The molecular formula is C19H13Cl2N3. The largest absolute Gasteiger partial charge is 0.319 e. The van der Waals surface area contributed by atoms with E-state index >= 15 is 0 Å². The van der Waals surface area contributed by atoms with Crippen molar-refractivity contribution in [1.82, 2.24) is 14.5 Å². The summed E-state index contributed by atoms with van der Waals surface area (Å²) >= 11 is 12.4. The Morgan fingerprint density at radius 3 is 2.62 bits per heavy atom. The van der Waals surface area contributed by atoms with E-state index in [4.69, 9.17) is 28.2 Å². The Morgan fingerprint density at radius 1 is 0.917 bits per heavy atom. The normalized spacial score (nSPS) is 11.1. The molecule has 0 spiro atoms. The summed E-state index contributed by atoms with van der Waals surface area (Å²) in [5, 5.41) is 1.16. The van der Waals surface area contributed by atoms with Gasteiger partial charge in [-0.1, -0.05) is 47.5 Å². The molecule has 118 valence electrons. The van der Waals surface area contributed by atoms with Crippen LogP contribution in [0.15, 0.2) is 66.9 Å². The van der Waals surface area contributed by atoms with Crippen LogP contribution in [0.25, 0.3) is 22.4 Å². The Balaban J connectivity index is 1.92. The highest BCUT2D eigenvalue weighted by atomic mass is 35.5. The topological polar surface area (TPSA) is 30.7 Å². The van der Waals surface area contributed by atoms with Crippen LogP contribution in [-0.2, 0) is 6.54 Å². The SMILES string of the molecule is Clc1cccc(Cn2c(-c3cccnc3Cl)nc3ccccc32)c1. The number of fused-ring (bicyclic) bond motifs is 1. The number of pyridine rings is 1. The van der Waals surface area contributed by atoms with E-state index in [0.29, 0.717) is 11.7 Å². The molecule has 0 radical (unpaired) electrons. The number of para-hydroxylation sites is 2. The molecule has 0 atom stereocenters. The first-order valence-electron chi connectivity index (χ1n) is 7.53. The van der Waals surface area contributed by atoms with Crippen molar-refractivity contribution in [3.63, 3.8) is 0 Å². The van der Waals surface area contributed by atoms with Gasteiger partial charge in [-0.05, 0) is 42.0 Å². The molecule has 0 aliphatic rings. The van der Waals surface area contributed by atoms with Gasteiger partial charge in [0.05, 0.1) is 16.6 Å². The molecular weight excluding hydrogens is 341 g/mol. The van der Waals surface area contributed by atoms with Crippen LogP contribution in [0.1, 0.15) is 5.56 Å². The molecule has 4 aromatic rings. The summed E-state index contributed by atoms with van der Waals surface area (Å²) in [6.07, 6.45) is 1.68. The van der Waals surface area contributed by atoms with Gasteiger partial charge < -0.3 is 4.57 Å². The molecule has 3 nitrogen and oxygen atoms in total. The number of halogens is 2. The third-order valence-electron chi connectivity index (χ3n) is 3.88. The average molecular weight is 354 g/mol. The second kappa shape index (κ2) is 6.27. The van der Waals surface area contributed by atoms with Gasteiger partial charge in [0.1, 0.15) is 11.0 Å². The third-order valence-corrected chi connectivity index (χ3v) is 4.42. The van der Waals surface area contributed by atoms with Crippen molar-refractivity contribution in [2.24, 2.45) is 0 Å². The lowest BCUT2D eigenvalue weighted by Gasteiger charge is -2.10. The zero-order valence-electron chi connectivity index (χ0n) is 12.7. The van der Waals surface area contributed by atoms with Gasteiger partial charge in [0, 0.05) is 17.8 Å². The number of rotatable bonds is 3. The first-order valence-corrected chi connectivity index (χ1v) is 8.28. The lowest BCUT2D eigenvalue weighted by atomic mass is 10.2. The molecule has 0 amide bonds. The van der Waals surface area contributed by atoms with Gasteiger partial charge in [0.15, 0.2) is 0 Å². The number of nitrogens with zero attached hydrogens (tertiary/aromatic N) is 3. The Hall–Kier alpha value is -2.36. The maximum atomic E-state index is 6.30. The molecule has 0 unspecified atom stereocenters. The van der Waals surface area contributed by atoms with Crippen LogP contribution in [0, 0.1) is 0 Å². The Kier molecular flexibility index (Phi) is 3.97. The van der Waals surface area contributed by atoms with E-state index in [-0.39, 0.29) is 0 Å². The van der Waals surface area contributed by atoms with Crippen molar-refractivity contribution in [3.05, 3.63) is 82.6 Å². The number of hydrogen-bond acceptors (Lipinski definition) is 2. The van der Waals surface area contributed by atoms with Crippen molar-refractivity contribution in [3.8, 4) is 11.4 Å². The first-order chi connectivity index (χ1) is 11.7. The van der Waals surface area contributed by atoms with E-state index in [1.165, 1.54) is 0 Å². The second-order valence-corrected chi connectivity index (χ2v) is 6.28. The van der Waals surface area contributed by atoms with Crippen molar-refractivity contribution >= 4 is 34.2 Å². The Bertz CT molecular complexity index is 1020. The fraction of sp³-hybridized carbons (Fsp3) is 0.0526. The number of hydrogen-bond donors (Lipinski definition) is 0. The highest BCUT2D eigenvalue weighted by Gasteiger charge is 2.15. The summed E-state index contributed by atoms with van der Waals surface area (Å²) in [7, 11) is 0. The summed E-state index contributed by atoms with van der Waals surface area (Å²) in [6, 6.07) is 19.7. The number of imidazole rings is 1. The molecule has 2 heterocycles. The molecule has 0 aliphatic heterocycles. The highest BCUT2D eigenvalue weighted by molar-refractivity contribution is 6.32. The second-order valence-electron chi connectivity index (χ2n) is 5.48. The predicted octanol–water partition coefficient (Wildman–Crippen LogP) is 5.45. The maximum Gasteiger partial charge on any atom is 0.144 e. The van der Waals surface area contributed by atoms with E-state index < -0.39 is 0 Å². The molecule has 0 aliphatic carbocycles. The summed E-state index contributed by atoms with van der Waals surface area (Å²) in [4.78, 5) is 8.95. The molecule has 0 bridgehead atoms. The molecule has 4 rings (SSSR count). The molecule has 0 fully saturated rings. The van der Waals surface area contributed by atoms with Gasteiger partial charge in [-0.3, -0.25) is 0 Å². The molecule has 2 aromatic heterocycles. The van der Waals surface area contributed by atoms with Crippen LogP contribution in [-0.4, -0.2) is 14.5 Å². The molecule has 0 saturated heterocycles. The maximum absolute atomic E-state index is 6.30. The minimum atomic E-state index is 0.445. The molecule has 24 heavy (non-hydrogen) atoms. The summed E-state index contributed by atoms with van der Waals surface area (Å²) in [5.74, 6) is 0.800. The lowest BCUT2D eigenvalue weighted by molar-refractivity contribution is 0.834. The van der Waals surface area contributed by atoms with E-state index in [1.54, 1.807) is 6.20 Å². The fourth-order valence-corrected chi connectivity index (χ4v) is 3.23. The molecule has 0 N–H and O–H groups in total. The van der Waals surface area contributed by atoms with Gasteiger partial charge >= 0.3 is 0 Å². The van der Waals surface area contributed by atoms with Crippen LogP contribution in [0.5, 0.6) is 0 Å². The monoisotopic (exact) mass is 353 g/mol. The summed E-state index contributed by atoms with van der Waals surface area (Å²) in [6.45, 7) is 0.654. The van der Waals surface area contributed by atoms with Crippen LogP contribution < -0.4 is 0 Å². The molecule has 5 heteroatoms. The average Bonchev–Trinajstić information content (AvgIpc) is 2.94. The van der Waals surface area contributed by atoms with Gasteiger partial charge in [0.2, 0.25) is 0 Å². The first kappa shape index (κ1) is 15.2. The van der Waals surface area contributed by atoms with Crippen molar-refractivity contribution in [2.45, 2.75) is 6.54 Å². The highest BCUT2D eigenvalue weighted by Crippen LogP contribution is 2.29. The zero-order valence-corrected chi connectivity index (χ0v) is 14.2. The smallest absolute Gasteiger partial charge is 0.144 e. The lowest BCUT2D eigenvalue weighted by Crippen LogP contribution is -2.02. The summed E-state index contributed by atoms with van der Waals surface area (Å²) in [5.41, 5.74) is 3.89. The van der Waals surface area contributed by atoms with Gasteiger partial charge in [-0.15, -0.1) is 0 Å². The van der Waals surface area contributed by atoms with Gasteiger partial charge in [0.25, 0.3) is 0 Å². The van der Waals surface area contributed by atoms with Crippen LogP contribution >= 0.6 is 23.2 Å². The Labute approximate surface area is 149 Å². The molecule has 0 saturated carbocycles. The number of aromatic nitrogens is 3. The van der Waals surface area contributed by atoms with Crippen molar-refractivity contribution < 1.29 is 0 Å². The van der Waals surface area contributed by atoms with E-state index in [2.05, 4.69) is 21.7 Å². The van der Waals surface area contributed by atoms with Crippen LogP contribution in [0.3, 0.4) is 0 Å². The van der Waals surface area contributed by atoms with Crippen molar-refractivity contribution in [2.75, 3.05) is 0 Å². The third kappa shape index (κ3) is 2.77.